The zero-order valence-electron chi connectivity index (χ0n) is 15.6. The minimum atomic E-state index is -1.03. The fourth-order valence-electron chi connectivity index (χ4n) is 2.57. The Bertz CT molecular complexity index is 1250. The number of nitrogens with zero attached hydrogens (tertiary/aromatic N) is 2. The Kier molecular flexibility index (Phi) is 5.96. The number of hydrogen-bond acceptors (Lipinski definition) is 8. The van der Waals surface area contributed by atoms with E-state index in [9.17, 15) is 18.8 Å². The van der Waals surface area contributed by atoms with E-state index in [1.807, 2.05) is 0 Å². The first-order valence-corrected chi connectivity index (χ1v) is 10.5. The molecule has 0 aliphatic carbocycles. The zero-order chi connectivity index (χ0) is 21.8. The van der Waals surface area contributed by atoms with Crippen molar-refractivity contribution in [3.05, 3.63) is 76.1 Å². The fraction of sp³-hybridized carbons (Fsp3) is 0.0500. The van der Waals surface area contributed by atoms with Crippen molar-refractivity contribution in [2.45, 2.75) is 6.61 Å². The van der Waals surface area contributed by atoms with Crippen LogP contribution in [0.3, 0.4) is 0 Å². The summed E-state index contributed by atoms with van der Waals surface area (Å²) in [6.45, 7) is -0.328. The molecule has 31 heavy (non-hydrogen) atoms. The van der Waals surface area contributed by atoms with E-state index in [0.29, 0.717) is 5.52 Å². The molecule has 0 aliphatic rings. The number of thiazole rings is 1. The second-order valence-electron chi connectivity index (χ2n) is 6.10. The first-order valence-electron chi connectivity index (χ1n) is 8.82. The first kappa shape index (κ1) is 20.6. The number of alkyl carbamates (subject to hydrolysis) is 1. The fourth-order valence-corrected chi connectivity index (χ4v) is 4.18. The smallest absolute Gasteiger partial charge is 0.414 e. The number of aromatic nitrogens is 2. The average Bonchev–Trinajstić information content (AvgIpc) is 3.40. The van der Waals surface area contributed by atoms with Gasteiger partial charge < -0.3 is 10.1 Å². The normalized spacial score (nSPS) is 10.6. The van der Waals surface area contributed by atoms with E-state index < -0.39 is 23.7 Å². The number of amides is 3. The van der Waals surface area contributed by atoms with Crippen molar-refractivity contribution in [1.29, 1.82) is 0 Å². The molecule has 0 bridgehead atoms. The molecule has 0 fully saturated rings. The molecule has 0 saturated heterocycles. The maximum atomic E-state index is 13.6. The minimum Gasteiger partial charge on any atom is -0.444 e. The van der Waals surface area contributed by atoms with Gasteiger partial charge >= 0.3 is 6.09 Å². The number of fused-ring (bicyclic) bond motifs is 1. The molecule has 0 atom stereocenters. The van der Waals surface area contributed by atoms with E-state index in [4.69, 9.17) is 4.74 Å². The van der Waals surface area contributed by atoms with Crippen LogP contribution in [0.1, 0.15) is 25.7 Å². The summed E-state index contributed by atoms with van der Waals surface area (Å²) in [5.74, 6) is -1.77. The van der Waals surface area contributed by atoms with Crippen LogP contribution in [0, 0.1) is 5.82 Å². The molecule has 11 heteroatoms. The molecule has 3 aromatic heterocycles. The van der Waals surface area contributed by atoms with Crippen LogP contribution in [0.15, 0.2) is 54.2 Å². The lowest BCUT2D eigenvalue weighted by molar-refractivity contribution is 0.0912. The third-order valence-corrected chi connectivity index (χ3v) is 5.92. The third-order valence-electron chi connectivity index (χ3n) is 4.05. The summed E-state index contributed by atoms with van der Waals surface area (Å²) in [5.41, 5.74) is 0.864. The molecular formula is C20H13FN4O4S2. The summed E-state index contributed by atoms with van der Waals surface area (Å²) in [7, 11) is 0. The number of anilines is 1. The molecule has 2 N–H and O–H groups in total. The lowest BCUT2D eigenvalue weighted by Gasteiger charge is -2.08. The Balaban J connectivity index is 1.39. The van der Waals surface area contributed by atoms with Crippen molar-refractivity contribution in [1.82, 2.24) is 15.3 Å². The van der Waals surface area contributed by atoms with Crippen LogP contribution in [-0.2, 0) is 11.3 Å². The van der Waals surface area contributed by atoms with Gasteiger partial charge in [-0.15, -0.1) is 22.7 Å². The number of hydrogen-bond donors (Lipinski definition) is 2. The maximum Gasteiger partial charge on any atom is 0.414 e. The topological polar surface area (TPSA) is 110 Å². The second kappa shape index (κ2) is 8.98. The van der Waals surface area contributed by atoms with E-state index in [0.717, 1.165) is 16.0 Å². The summed E-state index contributed by atoms with van der Waals surface area (Å²) in [6, 6.07) is 9.04. The van der Waals surface area contributed by atoms with Crippen molar-refractivity contribution in [2.24, 2.45) is 0 Å². The van der Waals surface area contributed by atoms with Gasteiger partial charge in [0.2, 0.25) is 0 Å². The molecule has 1 aromatic carbocycles. The van der Waals surface area contributed by atoms with Gasteiger partial charge in [0.25, 0.3) is 11.8 Å². The summed E-state index contributed by atoms with van der Waals surface area (Å²) in [4.78, 5) is 45.1. The predicted octanol–water partition coefficient (Wildman–Crippen LogP) is 4.21. The van der Waals surface area contributed by atoms with Crippen LogP contribution >= 0.6 is 22.7 Å². The van der Waals surface area contributed by atoms with Gasteiger partial charge in [-0.25, -0.2) is 14.2 Å². The highest BCUT2D eigenvalue weighted by Gasteiger charge is 2.20. The highest BCUT2D eigenvalue weighted by atomic mass is 32.1. The number of nitrogens with one attached hydrogen (secondary N) is 2. The molecule has 0 radical (unpaired) electrons. The predicted molar refractivity (Wildman–Crippen MR) is 114 cm³/mol. The monoisotopic (exact) mass is 456 g/mol. The number of pyridine rings is 1. The molecule has 3 heterocycles. The van der Waals surface area contributed by atoms with Gasteiger partial charge in [-0.2, -0.15) is 0 Å². The van der Waals surface area contributed by atoms with Gasteiger partial charge in [0, 0.05) is 11.8 Å². The van der Waals surface area contributed by atoms with E-state index in [-0.39, 0.29) is 27.7 Å². The van der Waals surface area contributed by atoms with E-state index in [2.05, 4.69) is 20.6 Å². The molecule has 3 amide bonds. The van der Waals surface area contributed by atoms with Crippen LogP contribution in [0.2, 0.25) is 0 Å². The molecule has 0 unspecified atom stereocenters. The standard InChI is InChI=1S/C20H13FN4O4S2/c21-13-4-2-1-3-11(13)10-29-20(28)25-16(26)12-6-8-30-18(12)24-17(27)19-23-14-9-22-7-5-15(14)31-19/h1-9H,10H2,(H,24,27)(H,25,26,28). The number of thiophene rings is 1. The van der Waals surface area contributed by atoms with Crippen molar-refractivity contribution in [3.8, 4) is 0 Å². The SMILES string of the molecule is O=C(NC(=O)c1ccsc1NC(=O)c1nc2cnccc2s1)OCc1ccccc1F. The van der Waals surface area contributed by atoms with Gasteiger partial charge in [-0.05, 0) is 23.6 Å². The van der Waals surface area contributed by atoms with Crippen LogP contribution < -0.4 is 10.6 Å². The van der Waals surface area contributed by atoms with E-state index in [1.54, 1.807) is 29.9 Å². The largest absolute Gasteiger partial charge is 0.444 e. The van der Waals surface area contributed by atoms with E-state index >= 15 is 0 Å². The van der Waals surface area contributed by atoms with Crippen molar-refractivity contribution in [3.63, 3.8) is 0 Å². The number of imide groups is 1. The third kappa shape index (κ3) is 4.73. The number of halogens is 1. The van der Waals surface area contributed by atoms with Crippen LogP contribution in [0.4, 0.5) is 14.2 Å². The average molecular weight is 456 g/mol. The quantitative estimate of drug-likeness (QED) is 0.466. The molecule has 0 spiro atoms. The molecule has 156 valence electrons. The van der Waals surface area contributed by atoms with Gasteiger partial charge in [0.1, 0.15) is 22.9 Å². The van der Waals surface area contributed by atoms with Crippen LogP contribution in [0.5, 0.6) is 0 Å². The summed E-state index contributed by atoms with van der Waals surface area (Å²) < 4.78 is 19.3. The van der Waals surface area contributed by atoms with Crippen LogP contribution in [0.25, 0.3) is 10.2 Å². The van der Waals surface area contributed by atoms with Crippen molar-refractivity contribution in [2.75, 3.05) is 5.32 Å². The van der Waals surface area contributed by atoms with Gasteiger partial charge in [0.15, 0.2) is 5.01 Å². The number of ether oxygens (including phenoxy) is 1. The first-order chi connectivity index (χ1) is 15.0. The van der Waals surface area contributed by atoms with Gasteiger partial charge in [-0.1, -0.05) is 18.2 Å². The zero-order valence-corrected chi connectivity index (χ0v) is 17.3. The lowest BCUT2D eigenvalue weighted by Crippen LogP contribution is -2.31. The Labute approximate surface area is 182 Å². The number of benzene rings is 1. The minimum absolute atomic E-state index is 0.0870. The Morgan fingerprint density at radius 2 is 1.94 bits per heavy atom. The molecule has 4 rings (SSSR count). The highest BCUT2D eigenvalue weighted by molar-refractivity contribution is 7.20. The maximum absolute atomic E-state index is 13.6. The summed E-state index contributed by atoms with van der Waals surface area (Å²) in [5, 5.41) is 6.75. The number of carbonyl (C=O) groups excluding carboxylic acids is 3. The number of carbonyl (C=O) groups is 3. The molecule has 0 saturated carbocycles. The number of rotatable bonds is 5. The van der Waals surface area contributed by atoms with Crippen molar-refractivity contribution < 1.29 is 23.5 Å². The second-order valence-corrected chi connectivity index (χ2v) is 8.05. The molecular weight excluding hydrogens is 443 g/mol. The molecule has 8 nitrogen and oxygen atoms in total. The van der Waals surface area contributed by atoms with Crippen molar-refractivity contribution >= 4 is 55.8 Å². The van der Waals surface area contributed by atoms with Gasteiger partial charge in [0.05, 0.1) is 16.5 Å². The molecule has 0 aliphatic heterocycles. The van der Waals surface area contributed by atoms with Crippen LogP contribution in [-0.4, -0.2) is 27.9 Å². The highest BCUT2D eigenvalue weighted by Crippen LogP contribution is 2.26. The summed E-state index contributed by atoms with van der Waals surface area (Å²) >= 11 is 2.31. The Hall–Kier alpha value is -3.70. The van der Waals surface area contributed by atoms with E-state index in [1.165, 1.54) is 35.6 Å². The van der Waals surface area contributed by atoms with Gasteiger partial charge in [-0.3, -0.25) is 19.9 Å². The lowest BCUT2D eigenvalue weighted by atomic mass is 10.2. The Morgan fingerprint density at radius 3 is 2.74 bits per heavy atom. The Morgan fingerprint density at radius 1 is 1.10 bits per heavy atom. The summed E-state index contributed by atoms with van der Waals surface area (Å²) in [6.07, 6.45) is 2.13. The molecule has 4 aromatic rings.